The lowest BCUT2D eigenvalue weighted by molar-refractivity contribution is -0.142. The minimum absolute atomic E-state index is 0.0893. The molecule has 0 bridgehead atoms. The zero-order valence-corrected chi connectivity index (χ0v) is 11.0. The van der Waals surface area contributed by atoms with Crippen LogP contribution in [-0.2, 0) is 26.5 Å². The van der Waals surface area contributed by atoms with Gasteiger partial charge in [0.15, 0.2) is 0 Å². The molecule has 1 heterocycles. The minimum atomic E-state index is -4.50. The molecule has 0 aliphatic carbocycles. The Kier molecular flexibility index (Phi) is 5.04. The Balaban J connectivity index is 2.87. The molecule has 0 saturated heterocycles. The molecule has 0 N–H and O–H groups in total. The Labute approximate surface area is 110 Å². The standard InChI is InChI=1S/C11H12F3NO3S/c1-3-18-10(16)7(2)19(17)9-5-4-8(6-15-9)11(12,13)14/h4-7H,3H2,1-2H3/t7-,19-/m0/s1. The summed E-state index contributed by atoms with van der Waals surface area (Å²) in [6, 6.07) is 1.77. The molecule has 0 aromatic carbocycles. The van der Waals surface area contributed by atoms with E-state index in [1.165, 1.54) is 6.92 Å². The fraction of sp³-hybridized carbons (Fsp3) is 0.455. The van der Waals surface area contributed by atoms with Gasteiger partial charge < -0.3 is 4.74 Å². The maximum Gasteiger partial charge on any atom is 0.417 e. The van der Waals surface area contributed by atoms with E-state index >= 15 is 0 Å². The van der Waals surface area contributed by atoms with Crippen LogP contribution in [0, 0.1) is 0 Å². The molecule has 0 aliphatic heterocycles. The van der Waals surface area contributed by atoms with E-state index in [1.54, 1.807) is 6.92 Å². The van der Waals surface area contributed by atoms with Crippen molar-refractivity contribution in [1.29, 1.82) is 0 Å². The molecule has 0 unspecified atom stereocenters. The van der Waals surface area contributed by atoms with Crippen molar-refractivity contribution in [3.63, 3.8) is 0 Å². The van der Waals surface area contributed by atoms with Gasteiger partial charge in [0, 0.05) is 6.20 Å². The second-order valence-corrected chi connectivity index (χ2v) is 5.29. The highest BCUT2D eigenvalue weighted by Crippen LogP contribution is 2.28. The van der Waals surface area contributed by atoms with Crippen LogP contribution >= 0.6 is 0 Å². The summed E-state index contributed by atoms with van der Waals surface area (Å²) in [5, 5.41) is -1.07. The highest BCUT2D eigenvalue weighted by molar-refractivity contribution is 7.86. The number of carbonyl (C=O) groups is 1. The molecule has 0 spiro atoms. The van der Waals surface area contributed by atoms with Gasteiger partial charge in [-0.2, -0.15) is 13.2 Å². The smallest absolute Gasteiger partial charge is 0.417 e. The lowest BCUT2D eigenvalue weighted by Crippen LogP contribution is -2.25. The van der Waals surface area contributed by atoms with Crippen molar-refractivity contribution in [1.82, 2.24) is 4.98 Å². The number of rotatable bonds is 4. The first kappa shape index (κ1) is 15.6. The summed E-state index contributed by atoms with van der Waals surface area (Å²) in [6.07, 6.45) is -3.91. The number of carbonyl (C=O) groups excluding carboxylic acids is 1. The average molecular weight is 295 g/mol. The number of nitrogens with zero attached hydrogens (tertiary/aromatic N) is 1. The highest BCUT2D eigenvalue weighted by atomic mass is 32.2. The van der Waals surface area contributed by atoms with Gasteiger partial charge in [0.2, 0.25) is 0 Å². The van der Waals surface area contributed by atoms with Crippen molar-refractivity contribution in [2.24, 2.45) is 0 Å². The van der Waals surface area contributed by atoms with Crippen LogP contribution in [0.2, 0.25) is 0 Å². The van der Waals surface area contributed by atoms with E-state index in [1.807, 2.05) is 0 Å². The molecule has 1 rings (SSSR count). The first-order chi connectivity index (χ1) is 8.77. The van der Waals surface area contributed by atoms with Crippen LogP contribution in [0.5, 0.6) is 0 Å². The number of hydrogen-bond acceptors (Lipinski definition) is 4. The summed E-state index contributed by atoms with van der Waals surface area (Å²) in [5.41, 5.74) is -0.933. The highest BCUT2D eigenvalue weighted by Gasteiger charge is 2.31. The summed E-state index contributed by atoms with van der Waals surface area (Å²) >= 11 is 0. The fourth-order valence-corrected chi connectivity index (χ4v) is 2.16. The lowest BCUT2D eigenvalue weighted by Gasteiger charge is -2.10. The minimum Gasteiger partial charge on any atom is -0.465 e. The van der Waals surface area contributed by atoms with E-state index in [2.05, 4.69) is 9.72 Å². The van der Waals surface area contributed by atoms with E-state index in [0.717, 1.165) is 12.1 Å². The van der Waals surface area contributed by atoms with Crippen molar-refractivity contribution in [2.45, 2.75) is 30.3 Å². The Morgan fingerprint density at radius 1 is 1.47 bits per heavy atom. The molecule has 0 fully saturated rings. The van der Waals surface area contributed by atoms with Gasteiger partial charge in [-0.1, -0.05) is 0 Å². The predicted molar refractivity (Wildman–Crippen MR) is 61.7 cm³/mol. The number of pyridine rings is 1. The number of aromatic nitrogens is 1. The maximum atomic E-state index is 12.3. The van der Waals surface area contributed by atoms with Crippen LogP contribution in [0.4, 0.5) is 13.2 Å². The molecule has 1 aromatic rings. The van der Waals surface area contributed by atoms with E-state index in [-0.39, 0.29) is 11.6 Å². The molecule has 0 aliphatic rings. The van der Waals surface area contributed by atoms with Crippen LogP contribution in [0.15, 0.2) is 23.4 Å². The third-order valence-corrected chi connectivity index (χ3v) is 3.70. The lowest BCUT2D eigenvalue weighted by atomic mass is 10.3. The monoisotopic (exact) mass is 295 g/mol. The molecule has 8 heteroatoms. The van der Waals surface area contributed by atoms with Crippen molar-refractivity contribution < 1.29 is 26.9 Å². The van der Waals surface area contributed by atoms with Gasteiger partial charge in [-0.05, 0) is 26.0 Å². The van der Waals surface area contributed by atoms with Gasteiger partial charge in [0.05, 0.1) is 23.0 Å². The Hall–Kier alpha value is -1.44. The predicted octanol–water partition coefficient (Wildman–Crippen LogP) is 2.16. The van der Waals surface area contributed by atoms with Gasteiger partial charge >= 0.3 is 12.1 Å². The molecule has 1 aromatic heterocycles. The first-order valence-electron chi connectivity index (χ1n) is 5.37. The Bertz CT molecular complexity index is 473. The van der Waals surface area contributed by atoms with Crippen molar-refractivity contribution in [2.75, 3.05) is 6.61 Å². The van der Waals surface area contributed by atoms with Crippen LogP contribution in [0.3, 0.4) is 0 Å². The van der Waals surface area contributed by atoms with E-state index in [4.69, 9.17) is 0 Å². The number of alkyl halides is 3. The summed E-state index contributed by atoms with van der Waals surface area (Å²) in [6.45, 7) is 3.11. The van der Waals surface area contributed by atoms with Gasteiger partial charge in [-0.3, -0.25) is 9.00 Å². The van der Waals surface area contributed by atoms with Crippen LogP contribution < -0.4 is 0 Å². The van der Waals surface area contributed by atoms with Crippen LogP contribution in [-0.4, -0.2) is 27.0 Å². The summed E-state index contributed by atoms with van der Waals surface area (Å²) in [5.74, 6) is -0.678. The van der Waals surface area contributed by atoms with E-state index in [9.17, 15) is 22.2 Å². The number of hydrogen-bond donors (Lipinski definition) is 0. The second-order valence-electron chi connectivity index (χ2n) is 3.57. The molecule has 0 amide bonds. The molecular formula is C11H12F3NO3S. The second kappa shape index (κ2) is 6.14. The molecule has 2 atom stereocenters. The van der Waals surface area contributed by atoms with Crippen molar-refractivity contribution >= 4 is 16.8 Å². The number of halogens is 3. The largest absolute Gasteiger partial charge is 0.465 e. The fourth-order valence-electron chi connectivity index (χ4n) is 1.20. The molecular weight excluding hydrogens is 283 g/mol. The molecule has 106 valence electrons. The first-order valence-corrected chi connectivity index (χ1v) is 6.59. The Morgan fingerprint density at radius 2 is 2.11 bits per heavy atom. The average Bonchev–Trinajstić information content (AvgIpc) is 2.36. The van der Waals surface area contributed by atoms with Gasteiger partial charge in [0.1, 0.15) is 10.3 Å². The SMILES string of the molecule is CCOC(=O)[C@H](C)[S@](=O)c1ccc(C(F)(F)F)cn1. The number of ether oxygens (including phenoxy) is 1. The topological polar surface area (TPSA) is 56.3 Å². The third kappa shape index (κ3) is 4.02. The normalized spacial score (nSPS) is 14.8. The van der Waals surface area contributed by atoms with Crippen molar-refractivity contribution in [3.05, 3.63) is 23.9 Å². The summed E-state index contributed by atoms with van der Waals surface area (Å²) < 4.78 is 53.5. The zero-order chi connectivity index (χ0) is 14.6. The number of esters is 1. The third-order valence-electron chi connectivity index (χ3n) is 2.21. The van der Waals surface area contributed by atoms with Gasteiger partial charge in [-0.15, -0.1) is 0 Å². The van der Waals surface area contributed by atoms with Crippen molar-refractivity contribution in [3.8, 4) is 0 Å². The maximum absolute atomic E-state index is 12.3. The molecule has 19 heavy (non-hydrogen) atoms. The van der Waals surface area contributed by atoms with E-state index in [0.29, 0.717) is 6.20 Å². The van der Waals surface area contributed by atoms with E-state index < -0.39 is 33.8 Å². The van der Waals surface area contributed by atoms with Gasteiger partial charge in [-0.25, -0.2) is 4.98 Å². The molecule has 0 radical (unpaired) electrons. The van der Waals surface area contributed by atoms with Crippen LogP contribution in [0.25, 0.3) is 0 Å². The quantitative estimate of drug-likeness (QED) is 0.799. The zero-order valence-electron chi connectivity index (χ0n) is 10.2. The molecule has 4 nitrogen and oxygen atoms in total. The van der Waals surface area contributed by atoms with Crippen LogP contribution in [0.1, 0.15) is 19.4 Å². The Morgan fingerprint density at radius 3 is 2.53 bits per heavy atom. The molecule has 0 saturated carbocycles. The van der Waals surface area contributed by atoms with Gasteiger partial charge in [0.25, 0.3) is 0 Å². The summed E-state index contributed by atoms with van der Waals surface area (Å²) in [4.78, 5) is 14.8. The summed E-state index contributed by atoms with van der Waals surface area (Å²) in [7, 11) is -1.85.